The molecule has 184 valence electrons. The molecule has 6 aliphatic carbocycles. The molecule has 0 aliphatic heterocycles. The van der Waals surface area contributed by atoms with Crippen LogP contribution < -0.4 is 0 Å². The molecule has 0 N–H and O–H groups in total. The summed E-state index contributed by atoms with van der Waals surface area (Å²) >= 11 is 0. The van der Waals surface area contributed by atoms with Gasteiger partial charge in [-0.1, -0.05) is 98.1 Å². The lowest BCUT2D eigenvalue weighted by Crippen LogP contribution is -2.50. The van der Waals surface area contributed by atoms with Crippen molar-refractivity contribution in [1.82, 2.24) is 0 Å². The summed E-state index contributed by atoms with van der Waals surface area (Å²) in [6.45, 7) is 16.0. The van der Waals surface area contributed by atoms with Gasteiger partial charge in [0.1, 0.15) is 0 Å². The van der Waals surface area contributed by atoms with Crippen LogP contribution in [0.3, 0.4) is 0 Å². The number of allylic oxidation sites excluding steroid dienone is 4. The maximum Gasteiger partial charge on any atom is 0.0275 e. The summed E-state index contributed by atoms with van der Waals surface area (Å²) in [5.41, 5.74) is 11.5. The van der Waals surface area contributed by atoms with E-state index in [1.54, 1.807) is 16.7 Å². The monoisotopic (exact) mass is 448 g/mol. The Morgan fingerprint density at radius 2 is 1.42 bits per heavy atom. The van der Waals surface area contributed by atoms with Gasteiger partial charge >= 0.3 is 0 Å². The van der Waals surface area contributed by atoms with Gasteiger partial charge in [0.15, 0.2) is 0 Å². The Morgan fingerprint density at radius 3 is 2.18 bits per heavy atom. The predicted octanol–water partition coefficient (Wildman–Crippen LogP) is 10.0. The second-order valence-corrected chi connectivity index (χ2v) is 9.81. The Bertz CT molecular complexity index is 853. The van der Waals surface area contributed by atoms with Crippen molar-refractivity contribution >= 4 is 0 Å². The molecule has 0 amide bonds. The first-order valence-corrected chi connectivity index (χ1v) is 14.9. The molecular formula is C33H52. The third kappa shape index (κ3) is 3.70. The minimum atomic E-state index is 0.451. The molecule has 0 bridgehead atoms. The van der Waals surface area contributed by atoms with Gasteiger partial charge in [-0.3, -0.25) is 0 Å². The standard InChI is InChI=1S/C25H28.4C2H6/c1-6-16-13-15-5-3-11-21(15)25-22-12-4-9-19(22)20-10-2-8-18(24(20)25)14-17(7-1)23(16)25;4*1-2/h1,6-8,15,19,21-22H,2-5,9-14H2;4*1-2H3. The maximum atomic E-state index is 2.65. The lowest BCUT2D eigenvalue weighted by Gasteiger charge is -2.54. The molecule has 33 heavy (non-hydrogen) atoms. The molecule has 2 fully saturated rings. The second kappa shape index (κ2) is 11.4. The van der Waals surface area contributed by atoms with E-state index < -0.39 is 0 Å². The molecule has 0 radical (unpaired) electrons. The van der Waals surface area contributed by atoms with Crippen molar-refractivity contribution < 1.29 is 0 Å². The summed E-state index contributed by atoms with van der Waals surface area (Å²) in [5, 5.41) is 0. The van der Waals surface area contributed by atoms with E-state index in [4.69, 9.17) is 0 Å². The molecule has 0 nitrogen and oxygen atoms in total. The maximum absolute atomic E-state index is 2.65. The van der Waals surface area contributed by atoms with Crippen molar-refractivity contribution in [2.24, 2.45) is 23.7 Å². The highest BCUT2D eigenvalue weighted by atomic mass is 14.7. The second-order valence-electron chi connectivity index (χ2n) is 9.81. The summed E-state index contributed by atoms with van der Waals surface area (Å²) in [6, 6.07) is 7.37. The lowest BCUT2D eigenvalue weighted by molar-refractivity contribution is 0.148. The van der Waals surface area contributed by atoms with Crippen LogP contribution >= 0.6 is 0 Å². The van der Waals surface area contributed by atoms with Gasteiger partial charge in [0.25, 0.3) is 0 Å². The van der Waals surface area contributed by atoms with E-state index in [-0.39, 0.29) is 0 Å². The van der Waals surface area contributed by atoms with Crippen molar-refractivity contribution in [2.45, 2.75) is 125 Å². The number of benzene rings is 1. The van der Waals surface area contributed by atoms with E-state index in [1.165, 1.54) is 64.2 Å². The highest BCUT2D eigenvalue weighted by Gasteiger charge is 2.65. The molecular weight excluding hydrogens is 396 g/mol. The number of hydrogen-bond acceptors (Lipinski definition) is 0. The first-order valence-electron chi connectivity index (χ1n) is 14.9. The largest absolute Gasteiger partial charge is 0.0804 e. The first kappa shape index (κ1) is 26.3. The van der Waals surface area contributed by atoms with Gasteiger partial charge in [0.2, 0.25) is 0 Å². The van der Waals surface area contributed by atoms with Gasteiger partial charge < -0.3 is 0 Å². The molecule has 6 aliphatic rings. The van der Waals surface area contributed by atoms with Crippen LogP contribution in [0, 0.1) is 23.7 Å². The summed E-state index contributed by atoms with van der Waals surface area (Å²) in [5.74, 6) is 3.82. The zero-order chi connectivity index (χ0) is 24.2. The van der Waals surface area contributed by atoms with Gasteiger partial charge in [0, 0.05) is 5.41 Å². The van der Waals surface area contributed by atoms with Gasteiger partial charge in [-0.2, -0.15) is 0 Å². The summed E-state index contributed by atoms with van der Waals surface area (Å²) < 4.78 is 0. The predicted molar refractivity (Wildman–Crippen MR) is 147 cm³/mol. The molecule has 5 atom stereocenters. The normalized spacial score (nSPS) is 33.0. The Hall–Kier alpha value is -1.30. The summed E-state index contributed by atoms with van der Waals surface area (Å²) in [7, 11) is 0. The minimum Gasteiger partial charge on any atom is -0.0804 e. The topological polar surface area (TPSA) is 0 Å². The van der Waals surface area contributed by atoms with Gasteiger partial charge in [-0.05, 0) is 103 Å². The van der Waals surface area contributed by atoms with Gasteiger partial charge in [-0.15, -0.1) is 0 Å². The molecule has 2 saturated carbocycles. The minimum absolute atomic E-state index is 0.451. The molecule has 0 saturated heterocycles. The summed E-state index contributed by atoms with van der Waals surface area (Å²) in [4.78, 5) is 0. The van der Waals surface area contributed by atoms with Crippen molar-refractivity contribution in [3.8, 4) is 0 Å². The average molecular weight is 449 g/mol. The zero-order valence-corrected chi connectivity index (χ0v) is 23.2. The fraction of sp³-hybridized carbons (Fsp3) is 0.697. The lowest BCUT2D eigenvalue weighted by atomic mass is 9.49. The van der Waals surface area contributed by atoms with Crippen molar-refractivity contribution in [1.29, 1.82) is 0 Å². The van der Waals surface area contributed by atoms with Gasteiger partial charge in [-0.25, -0.2) is 0 Å². The van der Waals surface area contributed by atoms with Crippen molar-refractivity contribution in [3.05, 3.63) is 57.7 Å². The Labute approximate surface area is 206 Å². The van der Waals surface area contributed by atoms with Crippen LogP contribution in [0.2, 0.25) is 0 Å². The van der Waals surface area contributed by atoms with Crippen LogP contribution in [0.15, 0.2) is 41.0 Å². The molecule has 0 heterocycles. The highest BCUT2D eigenvalue weighted by Crippen LogP contribution is 2.71. The first-order chi connectivity index (χ1) is 16.4. The van der Waals surface area contributed by atoms with E-state index in [0.29, 0.717) is 5.41 Å². The molecule has 1 aromatic rings. The zero-order valence-electron chi connectivity index (χ0n) is 23.2. The van der Waals surface area contributed by atoms with Crippen molar-refractivity contribution in [2.75, 3.05) is 0 Å². The Balaban J connectivity index is 0.000000350. The van der Waals surface area contributed by atoms with Crippen molar-refractivity contribution in [3.63, 3.8) is 0 Å². The molecule has 7 rings (SSSR count). The van der Waals surface area contributed by atoms with Crippen LogP contribution in [0.4, 0.5) is 0 Å². The Kier molecular flexibility index (Phi) is 9.10. The molecule has 1 spiro atoms. The van der Waals surface area contributed by atoms with Crippen LogP contribution in [0.1, 0.15) is 123 Å². The molecule has 1 aromatic carbocycles. The SMILES string of the molecule is C1=C2Cc3cccc4c3C3(C2=C(CC1)C1CCCC13)C1CCCC1C4.CC.CC.CC.CC. The van der Waals surface area contributed by atoms with E-state index in [2.05, 4.69) is 24.3 Å². The van der Waals surface area contributed by atoms with Crippen LogP contribution in [-0.4, -0.2) is 0 Å². The van der Waals surface area contributed by atoms with Crippen LogP contribution in [0.5, 0.6) is 0 Å². The highest BCUT2D eigenvalue weighted by molar-refractivity contribution is 5.67. The third-order valence-corrected chi connectivity index (χ3v) is 9.17. The summed E-state index contributed by atoms with van der Waals surface area (Å²) in [6.07, 6.45) is 16.9. The average Bonchev–Trinajstić information content (AvgIpc) is 3.63. The Morgan fingerprint density at radius 1 is 0.758 bits per heavy atom. The fourth-order valence-electron chi connectivity index (χ4n) is 8.83. The third-order valence-electron chi connectivity index (χ3n) is 9.17. The van der Waals surface area contributed by atoms with E-state index >= 15 is 0 Å². The molecule has 0 aromatic heterocycles. The van der Waals surface area contributed by atoms with Crippen LogP contribution in [0.25, 0.3) is 0 Å². The smallest absolute Gasteiger partial charge is 0.0275 e. The number of hydrogen-bond donors (Lipinski definition) is 0. The molecule has 0 heteroatoms. The van der Waals surface area contributed by atoms with E-state index in [9.17, 15) is 0 Å². The quantitative estimate of drug-likeness (QED) is 0.370. The van der Waals surface area contributed by atoms with E-state index in [1.807, 2.05) is 72.1 Å². The van der Waals surface area contributed by atoms with Crippen LogP contribution in [-0.2, 0) is 18.3 Å². The fourth-order valence-corrected chi connectivity index (χ4v) is 8.83. The number of fused-ring (bicyclic) bond motifs is 3. The number of rotatable bonds is 0. The molecule has 5 unspecified atom stereocenters. The van der Waals surface area contributed by atoms with E-state index in [0.717, 1.165) is 23.7 Å². The van der Waals surface area contributed by atoms with Gasteiger partial charge in [0.05, 0.1) is 0 Å².